The van der Waals surface area contributed by atoms with Crippen LogP contribution in [0.3, 0.4) is 0 Å². The number of carboxylic acids is 1. The van der Waals surface area contributed by atoms with Gasteiger partial charge in [-0.1, -0.05) is 36.4 Å². The van der Waals surface area contributed by atoms with E-state index in [-0.39, 0.29) is 24.8 Å². The number of hydrogen-bond donors (Lipinski definition) is 3. The maximum atomic E-state index is 13.0. The van der Waals surface area contributed by atoms with Crippen molar-refractivity contribution in [3.8, 4) is 5.75 Å². The molecule has 3 N–H and O–H groups in total. The third-order valence-electron chi connectivity index (χ3n) is 5.30. The summed E-state index contributed by atoms with van der Waals surface area (Å²) in [6, 6.07) is 13.9. The average Bonchev–Trinajstić information content (AvgIpc) is 3.24. The van der Waals surface area contributed by atoms with Gasteiger partial charge in [0.05, 0.1) is 5.69 Å². The van der Waals surface area contributed by atoms with Crippen LogP contribution in [0.25, 0.3) is 0 Å². The predicted octanol–water partition coefficient (Wildman–Crippen LogP) is 1.57. The second kappa shape index (κ2) is 9.51. The molecule has 10 nitrogen and oxygen atoms in total. The first kappa shape index (κ1) is 22.0. The molecule has 0 aliphatic carbocycles. The van der Waals surface area contributed by atoms with E-state index in [1.807, 2.05) is 30.3 Å². The van der Waals surface area contributed by atoms with Crippen LogP contribution in [0.1, 0.15) is 34.0 Å². The van der Waals surface area contributed by atoms with Crippen LogP contribution < -0.4 is 15.0 Å². The van der Waals surface area contributed by atoms with E-state index in [4.69, 9.17) is 9.84 Å². The molecule has 1 aromatic heterocycles. The SMILES string of the molecule is CN1C(=O)[C@@H](NC(=O)c2n[nH]c(Cc3ccccc3)n2)COc2ccc(CCC(=O)O)cc21. The second-order valence-electron chi connectivity index (χ2n) is 7.70. The first-order valence-electron chi connectivity index (χ1n) is 10.4. The number of carbonyl (C=O) groups excluding carboxylic acids is 2. The van der Waals surface area contributed by atoms with E-state index in [2.05, 4.69) is 20.5 Å². The summed E-state index contributed by atoms with van der Waals surface area (Å²) in [6.45, 7) is -0.0579. The molecule has 0 saturated carbocycles. The van der Waals surface area contributed by atoms with Crippen molar-refractivity contribution in [2.24, 2.45) is 0 Å². The van der Waals surface area contributed by atoms with Crippen LogP contribution in [0.5, 0.6) is 5.75 Å². The summed E-state index contributed by atoms with van der Waals surface area (Å²) in [5.74, 6) is -0.897. The summed E-state index contributed by atoms with van der Waals surface area (Å²) < 4.78 is 5.76. The van der Waals surface area contributed by atoms with E-state index >= 15 is 0 Å². The van der Waals surface area contributed by atoms with Crippen molar-refractivity contribution in [1.29, 1.82) is 0 Å². The highest BCUT2D eigenvalue weighted by molar-refractivity contribution is 6.02. The van der Waals surface area contributed by atoms with Gasteiger partial charge in [0.15, 0.2) is 0 Å². The van der Waals surface area contributed by atoms with Crippen LogP contribution in [-0.2, 0) is 22.4 Å². The maximum absolute atomic E-state index is 13.0. The van der Waals surface area contributed by atoms with Gasteiger partial charge in [0.25, 0.3) is 11.8 Å². The van der Waals surface area contributed by atoms with Gasteiger partial charge in [-0.3, -0.25) is 19.5 Å². The van der Waals surface area contributed by atoms with E-state index in [1.165, 1.54) is 4.90 Å². The Morgan fingerprint density at radius 2 is 2.00 bits per heavy atom. The Labute approximate surface area is 189 Å². The number of hydrogen-bond acceptors (Lipinski definition) is 6. The van der Waals surface area contributed by atoms with Gasteiger partial charge in [0, 0.05) is 19.9 Å². The summed E-state index contributed by atoms with van der Waals surface area (Å²) in [7, 11) is 1.58. The largest absolute Gasteiger partial charge is 0.489 e. The lowest BCUT2D eigenvalue weighted by molar-refractivity contribution is -0.137. The molecular weight excluding hydrogens is 426 g/mol. The lowest BCUT2D eigenvalue weighted by Crippen LogP contribution is -2.49. The first-order chi connectivity index (χ1) is 15.9. The van der Waals surface area contributed by atoms with Gasteiger partial charge >= 0.3 is 5.97 Å². The Bertz CT molecular complexity index is 1180. The molecule has 2 heterocycles. The lowest BCUT2D eigenvalue weighted by atomic mass is 10.1. The minimum absolute atomic E-state index is 0.0150. The number of amides is 2. The fourth-order valence-electron chi connectivity index (χ4n) is 3.54. The Morgan fingerprint density at radius 1 is 1.21 bits per heavy atom. The highest BCUT2D eigenvalue weighted by atomic mass is 16.5. The lowest BCUT2D eigenvalue weighted by Gasteiger charge is -2.20. The summed E-state index contributed by atoms with van der Waals surface area (Å²) in [5, 5.41) is 18.3. The van der Waals surface area contributed by atoms with Gasteiger partial charge in [-0.2, -0.15) is 0 Å². The molecule has 170 valence electrons. The molecule has 4 rings (SSSR count). The van der Waals surface area contributed by atoms with Crippen molar-refractivity contribution in [1.82, 2.24) is 20.5 Å². The fourth-order valence-corrected chi connectivity index (χ4v) is 3.54. The van der Waals surface area contributed by atoms with Gasteiger partial charge < -0.3 is 20.1 Å². The van der Waals surface area contributed by atoms with Crippen molar-refractivity contribution in [2.45, 2.75) is 25.3 Å². The number of benzene rings is 2. The van der Waals surface area contributed by atoms with Gasteiger partial charge in [-0.25, -0.2) is 4.98 Å². The maximum Gasteiger partial charge on any atom is 0.303 e. The van der Waals surface area contributed by atoms with Crippen molar-refractivity contribution < 1.29 is 24.2 Å². The van der Waals surface area contributed by atoms with E-state index in [0.29, 0.717) is 30.1 Å². The van der Waals surface area contributed by atoms with Crippen LogP contribution >= 0.6 is 0 Å². The Kier molecular flexibility index (Phi) is 6.34. The van der Waals surface area contributed by atoms with Gasteiger partial charge in [0.2, 0.25) is 5.82 Å². The average molecular weight is 449 g/mol. The van der Waals surface area contributed by atoms with Crippen molar-refractivity contribution in [2.75, 3.05) is 18.6 Å². The number of aryl methyl sites for hydroxylation is 1. The topological polar surface area (TPSA) is 138 Å². The minimum atomic E-state index is -0.937. The van der Waals surface area contributed by atoms with E-state index in [9.17, 15) is 14.4 Å². The zero-order chi connectivity index (χ0) is 23.4. The van der Waals surface area contributed by atoms with Gasteiger partial charge in [-0.05, 0) is 29.7 Å². The van der Waals surface area contributed by atoms with Crippen LogP contribution in [0.15, 0.2) is 48.5 Å². The number of anilines is 1. The van der Waals surface area contributed by atoms with Crippen LogP contribution in [0.2, 0.25) is 0 Å². The summed E-state index contributed by atoms with van der Waals surface area (Å²) in [4.78, 5) is 42.1. The highest BCUT2D eigenvalue weighted by Crippen LogP contribution is 2.32. The Balaban J connectivity index is 1.43. The predicted molar refractivity (Wildman–Crippen MR) is 118 cm³/mol. The molecule has 0 spiro atoms. The molecular formula is C23H23N5O5. The Hall–Kier alpha value is -4.21. The minimum Gasteiger partial charge on any atom is -0.489 e. The molecule has 33 heavy (non-hydrogen) atoms. The normalized spacial score (nSPS) is 15.4. The molecule has 1 atom stereocenters. The number of carboxylic acid groups (broad SMARTS) is 1. The number of ether oxygens (including phenoxy) is 1. The monoisotopic (exact) mass is 449 g/mol. The number of nitrogens with zero attached hydrogens (tertiary/aromatic N) is 3. The number of fused-ring (bicyclic) bond motifs is 1. The van der Waals surface area contributed by atoms with Crippen molar-refractivity contribution >= 4 is 23.5 Å². The second-order valence-corrected chi connectivity index (χ2v) is 7.70. The number of aliphatic carboxylic acids is 1. The molecule has 2 aromatic carbocycles. The molecule has 10 heteroatoms. The van der Waals surface area contributed by atoms with E-state index < -0.39 is 17.9 Å². The number of nitrogens with one attached hydrogen (secondary N) is 2. The molecule has 0 saturated heterocycles. The number of aromatic amines is 1. The van der Waals surface area contributed by atoms with Crippen molar-refractivity contribution in [3.63, 3.8) is 0 Å². The number of aromatic nitrogens is 3. The Morgan fingerprint density at radius 3 is 2.76 bits per heavy atom. The zero-order valence-corrected chi connectivity index (χ0v) is 17.9. The molecule has 0 bridgehead atoms. The molecule has 0 fully saturated rings. The summed E-state index contributed by atoms with van der Waals surface area (Å²) in [6.07, 6.45) is 0.814. The standard InChI is InChI=1S/C23H23N5O5/c1-28-17-11-15(8-10-20(29)30)7-9-18(17)33-13-16(23(28)32)24-22(31)21-25-19(26-27-21)12-14-5-3-2-4-6-14/h2-7,9,11,16H,8,10,12-13H2,1H3,(H,24,31)(H,29,30)(H,25,26,27)/t16-/m0/s1. The summed E-state index contributed by atoms with van der Waals surface area (Å²) >= 11 is 0. The smallest absolute Gasteiger partial charge is 0.303 e. The van der Waals surface area contributed by atoms with Gasteiger partial charge in [0.1, 0.15) is 24.2 Å². The van der Waals surface area contributed by atoms with E-state index in [1.54, 1.807) is 25.2 Å². The molecule has 0 radical (unpaired) electrons. The third kappa shape index (κ3) is 5.17. The number of carbonyl (C=O) groups is 3. The number of H-pyrrole nitrogens is 1. The number of likely N-dealkylation sites (N-methyl/N-ethyl adjacent to an activating group) is 1. The molecule has 1 aliphatic rings. The quantitative estimate of drug-likeness (QED) is 0.498. The van der Waals surface area contributed by atoms with E-state index in [0.717, 1.165) is 11.1 Å². The van der Waals surface area contributed by atoms with Crippen molar-refractivity contribution in [3.05, 3.63) is 71.3 Å². The zero-order valence-electron chi connectivity index (χ0n) is 17.9. The number of rotatable bonds is 7. The highest BCUT2D eigenvalue weighted by Gasteiger charge is 2.31. The first-order valence-corrected chi connectivity index (χ1v) is 10.4. The molecule has 0 unspecified atom stereocenters. The fraction of sp³-hybridized carbons (Fsp3) is 0.261. The van der Waals surface area contributed by atoms with Gasteiger partial charge in [-0.15, -0.1) is 5.10 Å². The van der Waals surface area contributed by atoms with Crippen LogP contribution in [0, 0.1) is 0 Å². The molecule has 3 aromatic rings. The summed E-state index contributed by atoms with van der Waals surface area (Å²) in [5.41, 5.74) is 2.31. The van der Waals surface area contributed by atoms with Crippen LogP contribution in [0.4, 0.5) is 5.69 Å². The molecule has 2 amide bonds. The molecule has 1 aliphatic heterocycles. The third-order valence-corrected chi connectivity index (χ3v) is 5.30. The van der Waals surface area contributed by atoms with Crippen LogP contribution in [-0.4, -0.2) is 57.8 Å².